The zero-order valence-corrected chi connectivity index (χ0v) is 12.0. The molecule has 1 aromatic carbocycles. The zero-order valence-electron chi connectivity index (χ0n) is 12.0. The van der Waals surface area contributed by atoms with Crippen LogP contribution in [-0.2, 0) is 6.18 Å². The minimum absolute atomic E-state index is 0.0539. The summed E-state index contributed by atoms with van der Waals surface area (Å²) >= 11 is 0. The van der Waals surface area contributed by atoms with E-state index in [9.17, 15) is 13.2 Å². The van der Waals surface area contributed by atoms with Gasteiger partial charge >= 0.3 is 6.18 Å². The molecule has 0 fully saturated rings. The monoisotopic (exact) mass is 313 g/mol. The number of halogens is 3. The SMILES string of the molecule is C=CCNc1nc(C(F)(F)F)nc2cc(OC)c(OC)cc12. The number of fused-ring (bicyclic) bond motifs is 1. The van der Waals surface area contributed by atoms with Crippen LogP contribution in [0.25, 0.3) is 10.9 Å². The normalized spacial score (nSPS) is 11.3. The minimum atomic E-state index is -4.65. The van der Waals surface area contributed by atoms with Crippen LogP contribution in [0.4, 0.5) is 19.0 Å². The Balaban J connectivity index is 2.72. The molecule has 0 bridgehead atoms. The predicted molar refractivity (Wildman–Crippen MR) is 76.3 cm³/mol. The van der Waals surface area contributed by atoms with Gasteiger partial charge in [0.05, 0.1) is 19.7 Å². The average Bonchev–Trinajstić information content (AvgIpc) is 2.49. The molecule has 0 saturated carbocycles. The second-order valence-electron chi connectivity index (χ2n) is 4.29. The molecule has 0 radical (unpaired) electrons. The molecule has 0 unspecified atom stereocenters. The number of ether oxygens (including phenoxy) is 2. The van der Waals surface area contributed by atoms with Gasteiger partial charge in [-0.3, -0.25) is 0 Å². The standard InChI is InChI=1S/C14H14F3N3O2/c1-4-5-18-12-8-6-10(21-2)11(22-3)7-9(8)19-13(20-12)14(15,16)17/h4,6-7H,1,5H2,2-3H3,(H,18,19,20). The molecule has 0 saturated heterocycles. The van der Waals surface area contributed by atoms with E-state index in [0.717, 1.165) is 0 Å². The molecule has 118 valence electrons. The number of hydrogen-bond donors (Lipinski definition) is 1. The lowest BCUT2D eigenvalue weighted by Crippen LogP contribution is -2.14. The smallest absolute Gasteiger partial charge is 0.451 e. The number of methoxy groups -OCH3 is 2. The van der Waals surface area contributed by atoms with E-state index in [1.807, 2.05) is 0 Å². The molecule has 0 aliphatic carbocycles. The highest BCUT2D eigenvalue weighted by atomic mass is 19.4. The van der Waals surface area contributed by atoms with Crippen LogP contribution in [0.15, 0.2) is 24.8 Å². The van der Waals surface area contributed by atoms with E-state index >= 15 is 0 Å². The fourth-order valence-corrected chi connectivity index (χ4v) is 1.89. The van der Waals surface area contributed by atoms with Crippen molar-refractivity contribution in [1.82, 2.24) is 9.97 Å². The highest BCUT2D eigenvalue weighted by Gasteiger charge is 2.35. The van der Waals surface area contributed by atoms with Gasteiger partial charge in [-0.05, 0) is 6.07 Å². The molecule has 8 heteroatoms. The average molecular weight is 313 g/mol. The van der Waals surface area contributed by atoms with E-state index in [4.69, 9.17) is 9.47 Å². The van der Waals surface area contributed by atoms with Gasteiger partial charge in [0, 0.05) is 18.0 Å². The lowest BCUT2D eigenvalue weighted by Gasteiger charge is -2.14. The molecule has 0 spiro atoms. The fourth-order valence-electron chi connectivity index (χ4n) is 1.89. The van der Waals surface area contributed by atoms with Crippen molar-refractivity contribution in [1.29, 1.82) is 0 Å². The van der Waals surface area contributed by atoms with Gasteiger partial charge in [-0.15, -0.1) is 6.58 Å². The number of benzene rings is 1. The van der Waals surface area contributed by atoms with Crippen LogP contribution >= 0.6 is 0 Å². The lowest BCUT2D eigenvalue weighted by atomic mass is 10.2. The van der Waals surface area contributed by atoms with Crippen LogP contribution in [0.5, 0.6) is 11.5 Å². The minimum Gasteiger partial charge on any atom is -0.493 e. The topological polar surface area (TPSA) is 56.3 Å². The Bertz CT molecular complexity index is 702. The first-order valence-corrected chi connectivity index (χ1v) is 6.26. The summed E-state index contributed by atoms with van der Waals surface area (Å²) < 4.78 is 49.0. The van der Waals surface area contributed by atoms with Gasteiger partial charge in [-0.25, -0.2) is 9.97 Å². The van der Waals surface area contributed by atoms with Crippen molar-refractivity contribution in [3.63, 3.8) is 0 Å². The van der Waals surface area contributed by atoms with Crippen LogP contribution < -0.4 is 14.8 Å². The fraction of sp³-hybridized carbons (Fsp3) is 0.286. The lowest BCUT2D eigenvalue weighted by molar-refractivity contribution is -0.144. The Morgan fingerprint density at radius 3 is 2.36 bits per heavy atom. The van der Waals surface area contributed by atoms with Gasteiger partial charge in [0.15, 0.2) is 11.5 Å². The van der Waals surface area contributed by atoms with Crippen LogP contribution in [-0.4, -0.2) is 30.7 Å². The van der Waals surface area contributed by atoms with Crippen LogP contribution in [0.2, 0.25) is 0 Å². The largest absolute Gasteiger partial charge is 0.493 e. The van der Waals surface area contributed by atoms with E-state index in [2.05, 4.69) is 21.9 Å². The van der Waals surface area contributed by atoms with Gasteiger partial charge in [-0.1, -0.05) is 6.08 Å². The Labute approximate surface area is 124 Å². The quantitative estimate of drug-likeness (QED) is 0.859. The first kappa shape index (κ1) is 15.9. The number of aromatic nitrogens is 2. The molecule has 0 atom stereocenters. The first-order chi connectivity index (χ1) is 10.4. The zero-order chi connectivity index (χ0) is 16.3. The van der Waals surface area contributed by atoms with E-state index in [1.54, 1.807) is 0 Å². The molecule has 2 rings (SSSR count). The molecule has 0 aliphatic rings. The number of nitrogens with zero attached hydrogens (tertiary/aromatic N) is 2. The number of rotatable bonds is 5. The van der Waals surface area contributed by atoms with E-state index in [-0.39, 0.29) is 23.6 Å². The molecule has 22 heavy (non-hydrogen) atoms. The Morgan fingerprint density at radius 1 is 1.18 bits per heavy atom. The molecule has 1 heterocycles. The van der Waals surface area contributed by atoms with E-state index < -0.39 is 12.0 Å². The molecule has 2 aromatic rings. The van der Waals surface area contributed by atoms with Gasteiger partial charge in [0.25, 0.3) is 0 Å². The number of alkyl halides is 3. The van der Waals surface area contributed by atoms with Crippen molar-refractivity contribution in [2.75, 3.05) is 26.1 Å². The summed E-state index contributed by atoms with van der Waals surface area (Å²) in [5.74, 6) is -0.506. The first-order valence-electron chi connectivity index (χ1n) is 6.26. The second kappa shape index (κ2) is 6.08. The highest BCUT2D eigenvalue weighted by molar-refractivity contribution is 5.92. The van der Waals surface area contributed by atoms with Crippen LogP contribution in [0, 0.1) is 0 Å². The van der Waals surface area contributed by atoms with Crippen LogP contribution in [0.1, 0.15) is 5.82 Å². The molecule has 1 N–H and O–H groups in total. The summed E-state index contributed by atoms with van der Waals surface area (Å²) in [5.41, 5.74) is 0.103. The third kappa shape index (κ3) is 3.05. The van der Waals surface area contributed by atoms with Gasteiger partial charge in [-0.2, -0.15) is 13.2 Å². The Kier molecular flexibility index (Phi) is 4.39. The van der Waals surface area contributed by atoms with E-state index in [0.29, 0.717) is 11.1 Å². The van der Waals surface area contributed by atoms with Crippen LogP contribution in [0.3, 0.4) is 0 Å². The van der Waals surface area contributed by atoms with Gasteiger partial charge < -0.3 is 14.8 Å². The van der Waals surface area contributed by atoms with E-state index in [1.165, 1.54) is 32.4 Å². The summed E-state index contributed by atoms with van der Waals surface area (Å²) in [7, 11) is 2.83. The number of nitrogens with one attached hydrogen (secondary N) is 1. The summed E-state index contributed by atoms with van der Waals surface area (Å²) in [6.45, 7) is 3.78. The van der Waals surface area contributed by atoms with Gasteiger partial charge in [0.1, 0.15) is 5.82 Å². The third-order valence-corrected chi connectivity index (χ3v) is 2.87. The molecular weight excluding hydrogens is 299 g/mol. The summed E-state index contributed by atoms with van der Waals surface area (Å²) in [5, 5.41) is 3.17. The number of anilines is 1. The van der Waals surface area contributed by atoms with Crippen molar-refractivity contribution < 1.29 is 22.6 Å². The molecule has 0 aliphatic heterocycles. The van der Waals surface area contributed by atoms with Crippen molar-refractivity contribution in [3.8, 4) is 11.5 Å². The maximum Gasteiger partial charge on any atom is 0.451 e. The maximum absolute atomic E-state index is 12.9. The highest BCUT2D eigenvalue weighted by Crippen LogP contribution is 2.36. The summed E-state index contributed by atoms with van der Waals surface area (Å²) in [6.07, 6.45) is -3.13. The molecule has 0 amide bonds. The molecule has 5 nitrogen and oxygen atoms in total. The predicted octanol–water partition coefficient (Wildman–Crippen LogP) is 3.26. The maximum atomic E-state index is 12.9. The summed E-state index contributed by atoms with van der Waals surface area (Å²) in [4.78, 5) is 7.11. The van der Waals surface area contributed by atoms with Crippen molar-refractivity contribution in [3.05, 3.63) is 30.6 Å². The third-order valence-electron chi connectivity index (χ3n) is 2.87. The number of hydrogen-bond acceptors (Lipinski definition) is 5. The summed E-state index contributed by atoms with van der Waals surface area (Å²) in [6, 6.07) is 2.91. The van der Waals surface area contributed by atoms with Crippen molar-refractivity contribution in [2.45, 2.75) is 6.18 Å². The Hall–Kier alpha value is -2.51. The molecule has 1 aromatic heterocycles. The van der Waals surface area contributed by atoms with Crippen molar-refractivity contribution in [2.24, 2.45) is 0 Å². The van der Waals surface area contributed by atoms with Crippen molar-refractivity contribution >= 4 is 16.7 Å². The Morgan fingerprint density at radius 2 is 1.82 bits per heavy atom. The second-order valence-corrected chi connectivity index (χ2v) is 4.29. The molecular formula is C14H14F3N3O2. The van der Waals surface area contributed by atoms with Gasteiger partial charge in [0.2, 0.25) is 5.82 Å².